The lowest BCUT2D eigenvalue weighted by molar-refractivity contribution is 0.0792. The Hall–Kier alpha value is -1.88. The molecule has 1 unspecified atom stereocenters. The van der Waals surface area contributed by atoms with Crippen molar-refractivity contribution in [2.45, 2.75) is 57.5 Å². The van der Waals surface area contributed by atoms with Crippen LogP contribution in [0.25, 0.3) is 0 Å². The molecule has 0 bridgehead atoms. The van der Waals surface area contributed by atoms with Crippen molar-refractivity contribution in [3.05, 3.63) is 94.4 Å². The molecule has 4 heteroatoms. The first-order valence-corrected chi connectivity index (χ1v) is 13.8. The highest BCUT2D eigenvalue weighted by Crippen LogP contribution is 2.42. The molecule has 0 spiro atoms. The Morgan fingerprint density at radius 2 is 1.41 bits per heavy atom. The normalized spacial score (nSPS) is 21.9. The summed E-state index contributed by atoms with van der Waals surface area (Å²) in [7, 11) is 0. The lowest BCUT2D eigenvalue weighted by Gasteiger charge is -2.39. The molecule has 1 aliphatic heterocycles. The molecule has 1 atom stereocenters. The molecule has 2 heterocycles. The standard InChI is InChI=1S/C30H37BrN2O/c31-29-14-13-28(34-29)24-32-18-20-33(21-19-32)27-12-7-16-30(17-15-27,22-25-8-3-1-4-9-25)23-26-10-5-2-6-11-26/h1-6,8-11,13-14,27H,7,12,15-24H2. The van der Waals surface area contributed by atoms with Gasteiger partial charge in [0.05, 0.1) is 6.54 Å². The topological polar surface area (TPSA) is 19.6 Å². The van der Waals surface area contributed by atoms with Gasteiger partial charge in [0, 0.05) is 32.2 Å². The van der Waals surface area contributed by atoms with Crippen LogP contribution in [0.15, 0.2) is 81.9 Å². The van der Waals surface area contributed by atoms with Crippen molar-refractivity contribution >= 4 is 15.9 Å². The summed E-state index contributed by atoms with van der Waals surface area (Å²) in [4.78, 5) is 5.32. The van der Waals surface area contributed by atoms with E-state index in [0.29, 0.717) is 5.41 Å². The van der Waals surface area contributed by atoms with Crippen LogP contribution in [0.2, 0.25) is 0 Å². The van der Waals surface area contributed by atoms with E-state index in [1.807, 2.05) is 6.07 Å². The summed E-state index contributed by atoms with van der Waals surface area (Å²) in [6.45, 7) is 5.54. The maximum absolute atomic E-state index is 5.73. The summed E-state index contributed by atoms with van der Waals surface area (Å²) in [5.41, 5.74) is 3.36. The van der Waals surface area contributed by atoms with Crippen molar-refractivity contribution in [1.82, 2.24) is 9.80 Å². The van der Waals surface area contributed by atoms with Gasteiger partial charge in [-0.15, -0.1) is 0 Å². The SMILES string of the molecule is Brc1ccc(CN2CCN(C3CCCC(Cc4ccccc4)(Cc4ccccc4)CC3)CC2)o1. The summed E-state index contributed by atoms with van der Waals surface area (Å²) in [5, 5.41) is 0. The Bertz CT molecular complexity index is 969. The van der Waals surface area contributed by atoms with Crippen LogP contribution in [0, 0.1) is 5.41 Å². The number of hydrogen-bond donors (Lipinski definition) is 0. The summed E-state index contributed by atoms with van der Waals surface area (Å²) in [6.07, 6.45) is 9.05. The van der Waals surface area contributed by atoms with Gasteiger partial charge in [0.15, 0.2) is 4.67 Å². The van der Waals surface area contributed by atoms with Gasteiger partial charge >= 0.3 is 0 Å². The molecule has 2 aliphatic rings. The van der Waals surface area contributed by atoms with E-state index in [4.69, 9.17) is 4.42 Å². The van der Waals surface area contributed by atoms with E-state index < -0.39 is 0 Å². The largest absolute Gasteiger partial charge is 0.453 e. The zero-order chi connectivity index (χ0) is 23.2. The van der Waals surface area contributed by atoms with Gasteiger partial charge in [-0.3, -0.25) is 9.80 Å². The van der Waals surface area contributed by atoms with Crippen LogP contribution in [-0.2, 0) is 19.4 Å². The average molecular weight is 522 g/mol. The summed E-state index contributed by atoms with van der Waals surface area (Å²) < 4.78 is 6.56. The van der Waals surface area contributed by atoms with Gasteiger partial charge in [-0.1, -0.05) is 67.1 Å². The summed E-state index contributed by atoms with van der Waals surface area (Å²) in [6, 6.07) is 27.2. The molecule has 2 fully saturated rings. The fraction of sp³-hybridized carbons (Fsp3) is 0.467. The number of halogens is 1. The minimum atomic E-state index is 0.367. The maximum atomic E-state index is 5.73. The second-order valence-corrected chi connectivity index (χ2v) is 11.2. The van der Waals surface area contributed by atoms with Gasteiger partial charge in [0.25, 0.3) is 0 Å². The number of nitrogens with zero attached hydrogens (tertiary/aromatic N) is 2. The maximum Gasteiger partial charge on any atom is 0.169 e. The van der Waals surface area contributed by atoms with Crippen molar-refractivity contribution in [2.75, 3.05) is 26.2 Å². The van der Waals surface area contributed by atoms with Crippen molar-refractivity contribution < 1.29 is 4.42 Å². The molecule has 0 amide bonds. The van der Waals surface area contributed by atoms with Crippen LogP contribution in [0.3, 0.4) is 0 Å². The predicted octanol–water partition coefficient (Wildman–Crippen LogP) is 6.96. The highest BCUT2D eigenvalue weighted by atomic mass is 79.9. The second-order valence-electron chi connectivity index (χ2n) is 10.4. The van der Waals surface area contributed by atoms with Crippen molar-refractivity contribution in [1.29, 1.82) is 0 Å². The number of piperazine rings is 1. The molecule has 1 saturated carbocycles. The van der Waals surface area contributed by atoms with Gasteiger partial charge in [-0.05, 0) is 83.1 Å². The third kappa shape index (κ3) is 6.21. The Morgan fingerprint density at radius 1 is 0.765 bits per heavy atom. The van der Waals surface area contributed by atoms with Crippen LogP contribution < -0.4 is 0 Å². The highest BCUT2D eigenvalue weighted by Gasteiger charge is 2.35. The highest BCUT2D eigenvalue weighted by molar-refractivity contribution is 9.10. The van der Waals surface area contributed by atoms with Gasteiger partial charge < -0.3 is 4.42 Å². The monoisotopic (exact) mass is 520 g/mol. The fourth-order valence-corrected chi connectivity index (χ4v) is 6.58. The van der Waals surface area contributed by atoms with Crippen LogP contribution in [0.1, 0.15) is 49.0 Å². The first-order valence-electron chi connectivity index (χ1n) is 13.0. The summed E-state index contributed by atoms with van der Waals surface area (Å²) in [5.74, 6) is 1.06. The van der Waals surface area contributed by atoms with Crippen LogP contribution in [0.4, 0.5) is 0 Å². The Balaban J connectivity index is 1.22. The smallest absolute Gasteiger partial charge is 0.169 e. The van der Waals surface area contributed by atoms with Gasteiger partial charge in [0.2, 0.25) is 0 Å². The Labute approximate surface area is 213 Å². The van der Waals surface area contributed by atoms with E-state index in [9.17, 15) is 0 Å². The quantitative estimate of drug-likeness (QED) is 0.313. The minimum Gasteiger partial charge on any atom is -0.453 e. The lowest BCUT2D eigenvalue weighted by Crippen LogP contribution is -2.49. The molecule has 1 aliphatic carbocycles. The fourth-order valence-electron chi connectivity index (χ4n) is 6.24. The zero-order valence-electron chi connectivity index (χ0n) is 20.2. The molecule has 5 rings (SSSR count). The molecule has 3 nitrogen and oxygen atoms in total. The van der Waals surface area contributed by atoms with E-state index in [1.165, 1.54) is 69.2 Å². The molecular formula is C30H37BrN2O. The molecule has 0 radical (unpaired) electrons. The average Bonchev–Trinajstić information content (AvgIpc) is 3.16. The van der Waals surface area contributed by atoms with E-state index in [2.05, 4.69) is 92.5 Å². The van der Waals surface area contributed by atoms with E-state index >= 15 is 0 Å². The molecule has 3 aromatic rings. The van der Waals surface area contributed by atoms with Crippen molar-refractivity contribution in [3.8, 4) is 0 Å². The number of hydrogen-bond acceptors (Lipinski definition) is 3. The van der Waals surface area contributed by atoms with E-state index in [0.717, 1.165) is 36.1 Å². The first-order chi connectivity index (χ1) is 16.7. The molecule has 2 aromatic carbocycles. The van der Waals surface area contributed by atoms with E-state index in [1.54, 1.807) is 0 Å². The van der Waals surface area contributed by atoms with Gasteiger partial charge in [0.1, 0.15) is 5.76 Å². The van der Waals surface area contributed by atoms with Crippen LogP contribution in [-0.4, -0.2) is 42.0 Å². The Morgan fingerprint density at radius 3 is 2.00 bits per heavy atom. The zero-order valence-corrected chi connectivity index (χ0v) is 21.8. The minimum absolute atomic E-state index is 0.367. The summed E-state index contributed by atoms with van der Waals surface area (Å²) >= 11 is 3.42. The first kappa shape index (κ1) is 23.8. The molecule has 1 aromatic heterocycles. The Kier molecular flexibility index (Phi) is 7.88. The van der Waals surface area contributed by atoms with E-state index in [-0.39, 0.29) is 0 Å². The molecule has 1 saturated heterocycles. The lowest BCUT2D eigenvalue weighted by atomic mass is 9.71. The molecule has 0 N–H and O–H groups in total. The molecular weight excluding hydrogens is 484 g/mol. The van der Waals surface area contributed by atoms with Gasteiger partial charge in [-0.2, -0.15) is 0 Å². The number of furan rings is 1. The van der Waals surface area contributed by atoms with Gasteiger partial charge in [-0.25, -0.2) is 0 Å². The number of rotatable bonds is 7. The molecule has 180 valence electrons. The van der Waals surface area contributed by atoms with Crippen LogP contribution >= 0.6 is 15.9 Å². The third-order valence-electron chi connectivity index (χ3n) is 8.03. The van der Waals surface area contributed by atoms with Crippen LogP contribution in [0.5, 0.6) is 0 Å². The number of benzene rings is 2. The molecule has 34 heavy (non-hydrogen) atoms. The third-order valence-corrected chi connectivity index (χ3v) is 8.45. The second kappa shape index (κ2) is 11.2. The van der Waals surface area contributed by atoms with Crippen molar-refractivity contribution in [3.63, 3.8) is 0 Å². The predicted molar refractivity (Wildman–Crippen MR) is 143 cm³/mol. The van der Waals surface area contributed by atoms with Crippen molar-refractivity contribution in [2.24, 2.45) is 5.41 Å².